The zero-order valence-corrected chi connectivity index (χ0v) is 17.0. The van der Waals surface area contributed by atoms with Crippen molar-refractivity contribution in [3.05, 3.63) is 59.7 Å². The van der Waals surface area contributed by atoms with Crippen LogP contribution in [-0.2, 0) is 4.79 Å². The number of hydrogen-bond donors (Lipinski definition) is 0. The van der Waals surface area contributed by atoms with Gasteiger partial charge in [-0.3, -0.25) is 4.79 Å². The molecule has 3 atom stereocenters. The molecule has 2 aromatic carbocycles. The summed E-state index contributed by atoms with van der Waals surface area (Å²) >= 11 is 0. The molecule has 30 heavy (non-hydrogen) atoms. The first-order valence-corrected chi connectivity index (χ1v) is 9.63. The van der Waals surface area contributed by atoms with Crippen molar-refractivity contribution in [2.24, 2.45) is 5.41 Å². The van der Waals surface area contributed by atoms with Crippen molar-refractivity contribution in [2.45, 2.75) is 24.9 Å². The third-order valence-corrected chi connectivity index (χ3v) is 6.10. The number of ketones is 1. The van der Waals surface area contributed by atoms with Crippen LogP contribution in [0.3, 0.4) is 0 Å². The van der Waals surface area contributed by atoms with Gasteiger partial charge in [-0.2, -0.15) is 10.5 Å². The highest BCUT2D eigenvalue weighted by Crippen LogP contribution is 2.57. The van der Waals surface area contributed by atoms with Crippen molar-refractivity contribution in [1.29, 1.82) is 10.5 Å². The average Bonchev–Trinajstić information content (AvgIpc) is 3.09. The summed E-state index contributed by atoms with van der Waals surface area (Å²) in [6.45, 7) is 1.51. The van der Waals surface area contributed by atoms with Gasteiger partial charge in [0.25, 0.3) is 0 Å². The molecule has 6 nitrogen and oxygen atoms in total. The highest BCUT2D eigenvalue weighted by molar-refractivity contribution is 5.91. The number of Topliss-reactive ketones (excluding diaryl/α,β-unsaturated/α-hetero) is 1. The number of rotatable bonds is 4. The Morgan fingerprint density at radius 3 is 2.43 bits per heavy atom. The molecule has 2 heterocycles. The van der Waals surface area contributed by atoms with Gasteiger partial charge >= 0.3 is 0 Å². The van der Waals surface area contributed by atoms with Crippen molar-refractivity contribution >= 4 is 17.5 Å². The largest absolute Gasteiger partial charge is 0.493 e. The Bertz CT molecular complexity index is 1110. The molecule has 2 aliphatic heterocycles. The highest BCUT2D eigenvalue weighted by atomic mass is 16.5. The summed E-state index contributed by atoms with van der Waals surface area (Å²) in [5.41, 5.74) is 0.910. The summed E-state index contributed by atoms with van der Waals surface area (Å²) in [6, 6.07) is 16.3. The summed E-state index contributed by atoms with van der Waals surface area (Å²) in [5, 5.41) is 20.6. The standard InChI is InChI=1S/C24H21N3O3/c1-15(28)22-21(17-8-6-10-19(29-2)23(17)30-3)24(13-25,14-26)20-12-11-16-7-4-5-9-18(16)27(20)22/h4-12,20-22H,1-3H3/t20-,21-,22-/m1/s1. The number of anilines is 1. The fraction of sp³-hybridized carbons (Fsp3) is 0.292. The molecule has 150 valence electrons. The number of carbonyl (C=O) groups is 1. The van der Waals surface area contributed by atoms with Gasteiger partial charge in [0, 0.05) is 17.2 Å². The number of hydrogen-bond acceptors (Lipinski definition) is 6. The van der Waals surface area contributed by atoms with Gasteiger partial charge in [-0.15, -0.1) is 0 Å². The maximum Gasteiger partial charge on any atom is 0.176 e. The van der Waals surface area contributed by atoms with Gasteiger partial charge in [0.2, 0.25) is 0 Å². The first-order valence-electron chi connectivity index (χ1n) is 9.63. The van der Waals surface area contributed by atoms with Crippen LogP contribution >= 0.6 is 0 Å². The number of fused-ring (bicyclic) bond motifs is 3. The van der Waals surface area contributed by atoms with E-state index in [1.165, 1.54) is 21.1 Å². The zero-order chi connectivity index (χ0) is 21.5. The predicted octanol–water partition coefficient (Wildman–Crippen LogP) is 3.69. The van der Waals surface area contributed by atoms with Gasteiger partial charge in [0.05, 0.1) is 38.4 Å². The molecular weight excluding hydrogens is 378 g/mol. The van der Waals surface area contributed by atoms with E-state index in [1.54, 1.807) is 18.2 Å². The van der Waals surface area contributed by atoms with Crippen LogP contribution in [0.4, 0.5) is 5.69 Å². The Kier molecular flexibility index (Phi) is 4.72. The van der Waals surface area contributed by atoms with E-state index in [2.05, 4.69) is 12.1 Å². The normalized spacial score (nSPS) is 23.0. The third kappa shape index (κ3) is 2.51. The first-order chi connectivity index (χ1) is 14.5. The van der Waals surface area contributed by atoms with Gasteiger partial charge in [0.15, 0.2) is 22.7 Å². The molecule has 0 aliphatic carbocycles. The minimum absolute atomic E-state index is 0.118. The average molecular weight is 399 g/mol. The van der Waals surface area contributed by atoms with Gasteiger partial charge in [-0.1, -0.05) is 42.5 Å². The quantitative estimate of drug-likeness (QED) is 0.779. The van der Waals surface area contributed by atoms with Gasteiger partial charge in [-0.05, 0) is 24.6 Å². The van der Waals surface area contributed by atoms with E-state index in [9.17, 15) is 15.3 Å². The number of nitrogens with zero attached hydrogens (tertiary/aromatic N) is 3. The van der Waals surface area contributed by atoms with E-state index in [4.69, 9.17) is 9.47 Å². The molecule has 1 fully saturated rings. The second kappa shape index (κ2) is 7.24. The Hall–Kier alpha value is -3.77. The van der Waals surface area contributed by atoms with E-state index < -0.39 is 23.4 Å². The first kappa shape index (κ1) is 19.5. The lowest BCUT2D eigenvalue weighted by atomic mass is 9.69. The number of ether oxygens (including phenoxy) is 2. The fourth-order valence-electron chi connectivity index (χ4n) is 4.89. The molecule has 2 aromatic rings. The molecule has 0 amide bonds. The lowest BCUT2D eigenvalue weighted by molar-refractivity contribution is -0.118. The third-order valence-electron chi connectivity index (χ3n) is 6.10. The van der Waals surface area contributed by atoms with Crippen LogP contribution in [0, 0.1) is 28.1 Å². The minimum atomic E-state index is -1.49. The van der Waals surface area contributed by atoms with Gasteiger partial charge in [-0.25, -0.2) is 0 Å². The summed E-state index contributed by atoms with van der Waals surface area (Å²) < 4.78 is 11.1. The Balaban J connectivity index is 2.04. The lowest BCUT2D eigenvalue weighted by Gasteiger charge is -2.35. The van der Waals surface area contributed by atoms with Crippen molar-refractivity contribution in [3.8, 4) is 23.6 Å². The van der Waals surface area contributed by atoms with E-state index in [0.717, 1.165) is 11.3 Å². The Morgan fingerprint density at radius 1 is 1.07 bits per heavy atom. The van der Waals surface area contributed by atoms with Crippen LogP contribution in [-0.4, -0.2) is 32.1 Å². The van der Waals surface area contributed by atoms with E-state index in [-0.39, 0.29) is 5.78 Å². The van der Waals surface area contributed by atoms with Crippen LogP contribution in [0.15, 0.2) is 48.5 Å². The zero-order valence-electron chi connectivity index (χ0n) is 17.0. The topological polar surface area (TPSA) is 86.4 Å². The van der Waals surface area contributed by atoms with Crippen molar-refractivity contribution in [1.82, 2.24) is 0 Å². The van der Waals surface area contributed by atoms with Crippen LogP contribution in [0.1, 0.15) is 24.0 Å². The molecule has 4 rings (SSSR count). The van der Waals surface area contributed by atoms with Crippen LogP contribution < -0.4 is 14.4 Å². The SMILES string of the molecule is COc1cccc([C@@H]2[C@@H](C(C)=O)N3c4ccccc4C=C[C@@H]3C2(C#N)C#N)c1OC. The highest BCUT2D eigenvalue weighted by Gasteiger charge is 2.63. The van der Waals surface area contributed by atoms with E-state index in [1.807, 2.05) is 41.3 Å². The smallest absolute Gasteiger partial charge is 0.176 e. The van der Waals surface area contributed by atoms with Gasteiger partial charge in [0.1, 0.15) is 0 Å². The molecule has 0 bridgehead atoms. The Morgan fingerprint density at radius 2 is 1.80 bits per heavy atom. The number of nitriles is 2. The maximum atomic E-state index is 13.0. The number of para-hydroxylation sites is 2. The number of carbonyl (C=O) groups excluding carboxylic acids is 1. The lowest BCUT2D eigenvalue weighted by Crippen LogP contribution is -2.43. The van der Waals surface area contributed by atoms with Crippen molar-refractivity contribution < 1.29 is 14.3 Å². The Labute approximate surface area is 175 Å². The predicted molar refractivity (Wildman–Crippen MR) is 112 cm³/mol. The second-order valence-corrected chi connectivity index (χ2v) is 7.48. The summed E-state index contributed by atoms with van der Waals surface area (Å²) in [7, 11) is 3.05. The van der Waals surface area contributed by atoms with Crippen LogP contribution in [0.2, 0.25) is 0 Å². The molecule has 0 radical (unpaired) electrons. The minimum Gasteiger partial charge on any atom is -0.493 e. The molecule has 1 saturated heterocycles. The van der Waals surface area contributed by atoms with E-state index in [0.29, 0.717) is 17.1 Å². The molecule has 6 heteroatoms. The molecule has 2 aliphatic rings. The molecule has 0 aromatic heterocycles. The van der Waals surface area contributed by atoms with Crippen molar-refractivity contribution in [2.75, 3.05) is 19.1 Å². The second-order valence-electron chi connectivity index (χ2n) is 7.48. The van der Waals surface area contributed by atoms with E-state index >= 15 is 0 Å². The molecule has 0 unspecified atom stereocenters. The van der Waals surface area contributed by atoms with Crippen molar-refractivity contribution in [3.63, 3.8) is 0 Å². The molecular formula is C24H21N3O3. The van der Waals surface area contributed by atoms with Crippen LogP contribution in [0.25, 0.3) is 6.08 Å². The van der Waals surface area contributed by atoms with Crippen LogP contribution in [0.5, 0.6) is 11.5 Å². The summed E-state index contributed by atoms with van der Waals surface area (Å²) in [5.74, 6) is 0.0781. The number of methoxy groups -OCH3 is 2. The maximum absolute atomic E-state index is 13.0. The molecule has 0 spiro atoms. The monoisotopic (exact) mass is 399 g/mol. The molecule has 0 N–H and O–H groups in total. The fourth-order valence-corrected chi connectivity index (χ4v) is 4.89. The number of benzene rings is 2. The van der Waals surface area contributed by atoms with Gasteiger partial charge < -0.3 is 14.4 Å². The summed E-state index contributed by atoms with van der Waals surface area (Å²) in [4.78, 5) is 14.9. The summed E-state index contributed by atoms with van der Waals surface area (Å²) in [6.07, 6.45) is 3.78. The molecule has 0 saturated carbocycles.